The molecule has 0 aliphatic carbocycles. The van der Waals surface area contributed by atoms with Crippen LogP contribution in [-0.2, 0) is 0 Å². The third-order valence-corrected chi connectivity index (χ3v) is 4.79. The van der Waals surface area contributed by atoms with Crippen LogP contribution in [0.15, 0.2) is 97.1 Å². The zero-order valence-corrected chi connectivity index (χ0v) is 16.1. The van der Waals surface area contributed by atoms with Gasteiger partial charge in [0, 0.05) is 0 Å². The van der Waals surface area contributed by atoms with E-state index in [1.165, 1.54) is 28.7 Å². The van der Waals surface area contributed by atoms with Gasteiger partial charge in [-0.3, -0.25) is 0 Å². The summed E-state index contributed by atoms with van der Waals surface area (Å²) in [4.78, 5) is 0. The van der Waals surface area contributed by atoms with E-state index in [9.17, 15) is 0 Å². The first-order valence-corrected chi connectivity index (χ1v) is 9.84. The van der Waals surface area contributed by atoms with E-state index < -0.39 is 0 Å². The molecule has 0 fully saturated rings. The summed E-state index contributed by atoms with van der Waals surface area (Å²) in [6.45, 7) is 2.36. The van der Waals surface area contributed by atoms with E-state index in [1.54, 1.807) is 0 Å². The molecule has 0 radical (unpaired) electrons. The fraction of sp³-hybridized carbons (Fsp3) is 0.185. The molecule has 0 aliphatic heterocycles. The quantitative estimate of drug-likeness (QED) is 0.364. The summed E-state index contributed by atoms with van der Waals surface area (Å²) >= 11 is 0. The molecular weight excluding hydrogens is 324 g/mol. The molecule has 0 saturated carbocycles. The highest BCUT2D eigenvalue weighted by Crippen LogP contribution is 2.27. The SMILES string of the molecule is CC(CCC=Cc1ccccc1)CC(=Cc1ccccc1)c1ccccc1. The van der Waals surface area contributed by atoms with E-state index in [2.05, 4.69) is 116 Å². The van der Waals surface area contributed by atoms with Crippen LogP contribution < -0.4 is 0 Å². The van der Waals surface area contributed by atoms with Crippen LogP contribution in [0.25, 0.3) is 17.7 Å². The molecule has 3 rings (SSSR count). The van der Waals surface area contributed by atoms with Gasteiger partial charge >= 0.3 is 0 Å². The van der Waals surface area contributed by atoms with E-state index in [-0.39, 0.29) is 0 Å². The van der Waals surface area contributed by atoms with E-state index in [0.29, 0.717) is 5.92 Å². The van der Waals surface area contributed by atoms with E-state index in [4.69, 9.17) is 0 Å². The summed E-state index contributed by atoms with van der Waals surface area (Å²) < 4.78 is 0. The van der Waals surface area contributed by atoms with Crippen LogP contribution in [0.3, 0.4) is 0 Å². The number of allylic oxidation sites excluding steroid dienone is 2. The molecule has 1 unspecified atom stereocenters. The van der Waals surface area contributed by atoms with Crippen LogP contribution in [0.4, 0.5) is 0 Å². The van der Waals surface area contributed by atoms with Gasteiger partial charge in [0.1, 0.15) is 0 Å². The number of rotatable bonds is 8. The van der Waals surface area contributed by atoms with E-state index in [1.807, 2.05) is 0 Å². The third-order valence-electron chi connectivity index (χ3n) is 4.79. The molecule has 3 aromatic rings. The molecule has 0 bridgehead atoms. The summed E-state index contributed by atoms with van der Waals surface area (Å²) in [6.07, 6.45) is 10.3. The normalized spacial score (nSPS) is 13.0. The molecule has 27 heavy (non-hydrogen) atoms. The molecule has 1 atom stereocenters. The van der Waals surface area contributed by atoms with Gasteiger partial charge in [0.2, 0.25) is 0 Å². The summed E-state index contributed by atoms with van der Waals surface area (Å²) in [5, 5.41) is 0. The lowest BCUT2D eigenvalue weighted by atomic mass is 9.91. The molecule has 0 heteroatoms. The highest BCUT2D eigenvalue weighted by Gasteiger charge is 2.08. The fourth-order valence-corrected chi connectivity index (χ4v) is 3.30. The Balaban J connectivity index is 1.63. The average molecular weight is 353 g/mol. The molecule has 136 valence electrons. The average Bonchev–Trinajstić information content (AvgIpc) is 2.73. The van der Waals surface area contributed by atoms with Crippen molar-refractivity contribution in [3.8, 4) is 0 Å². The number of hydrogen-bond donors (Lipinski definition) is 0. The molecule has 0 heterocycles. The van der Waals surface area contributed by atoms with Crippen molar-refractivity contribution in [1.29, 1.82) is 0 Å². The second-order valence-corrected chi connectivity index (χ2v) is 7.15. The molecule has 0 amide bonds. The van der Waals surface area contributed by atoms with Crippen molar-refractivity contribution in [3.05, 3.63) is 114 Å². The zero-order valence-electron chi connectivity index (χ0n) is 16.1. The predicted molar refractivity (Wildman–Crippen MR) is 119 cm³/mol. The molecule has 3 aromatic carbocycles. The minimum Gasteiger partial charge on any atom is -0.0839 e. The smallest absolute Gasteiger partial charge is 0.0224 e. The van der Waals surface area contributed by atoms with Crippen LogP contribution in [0.5, 0.6) is 0 Å². The van der Waals surface area contributed by atoms with Gasteiger partial charge in [0.15, 0.2) is 0 Å². The Kier molecular flexibility index (Phi) is 7.24. The Morgan fingerprint density at radius 1 is 0.741 bits per heavy atom. The lowest BCUT2D eigenvalue weighted by Gasteiger charge is -2.14. The van der Waals surface area contributed by atoms with Gasteiger partial charge in [-0.25, -0.2) is 0 Å². The Morgan fingerprint density at radius 2 is 1.30 bits per heavy atom. The molecular formula is C27H28. The molecule has 0 aliphatic rings. The van der Waals surface area contributed by atoms with Crippen molar-refractivity contribution in [3.63, 3.8) is 0 Å². The maximum atomic E-state index is 2.36. The monoisotopic (exact) mass is 352 g/mol. The van der Waals surface area contributed by atoms with Crippen molar-refractivity contribution < 1.29 is 0 Å². The first-order chi connectivity index (χ1) is 13.3. The van der Waals surface area contributed by atoms with Gasteiger partial charge in [-0.1, -0.05) is 116 Å². The summed E-state index contributed by atoms with van der Waals surface area (Å²) in [7, 11) is 0. The molecule has 0 nitrogen and oxygen atoms in total. The maximum absolute atomic E-state index is 2.36. The minimum absolute atomic E-state index is 0.639. The second-order valence-electron chi connectivity index (χ2n) is 7.15. The Hall–Kier alpha value is -2.86. The molecule has 0 saturated heterocycles. The minimum atomic E-state index is 0.639. The van der Waals surface area contributed by atoms with Crippen molar-refractivity contribution in [2.45, 2.75) is 26.2 Å². The van der Waals surface area contributed by atoms with Gasteiger partial charge in [0.25, 0.3) is 0 Å². The van der Waals surface area contributed by atoms with Gasteiger partial charge < -0.3 is 0 Å². The van der Waals surface area contributed by atoms with Crippen molar-refractivity contribution in [2.75, 3.05) is 0 Å². The summed E-state index contributed by atoms with van der Waals surface area (Å²) in [6, 6.07) is 31.9. The van der Waals surface area contributed by atoms with Gasteiger partial charge in [0.05, 0.1) is 0 Å². The van der Waals surface area contributed by atoms with Crippen LogP contribution in [0.1, 0.15) is 42.9 Å². The lowest BCUT2D eigenvalue weighted by Crippen LogP contribution is -1.97. The van der Waals surface area contributed by atoms with Gasteiger partial charge in [-0.2, -0.15) is 0 Å². The van der Waals surface area contributed by atoms with E-state index in [0.717, 1.165) is 12.8 Å². The molecule has 0 N–H and O–H groups in total. The Morgan fingerprint density at radius 3 is 1.93 bits per heavy atom. The van der Waals surface area contributed by atoms with Crippen molar-refractivity contribution >= 4 is 17.7 Å². The first-order valence-electron chi connectivity index (χ1n) is 9.84. The van der Waals surface area contributed by atoms with Gasteiger partial charge in [-0.05, 0) is 47.4 Å². The second kappa shape index (κ2) is 10.3. The maximum Gasteiger partial charge on any atom is -0.0224 e. The predicted octanol–water partition coefficient (Wildman–Crippen LogP) is 7.75. The first kappa shape index (κ1) is 18.9. The summed E-state index contributed by atoms with van der Waals surface area (Å²) in [5.74, 6) is 0.639. The summed E-state index contributed by atoms with van der Waals surface area (Å²) in [5.41, 5.74) is 5.29. The standard InChI is InChI=1S/C27H28/c1-23(13-11-12-16-24-14-5-2-6-15-24)21-27(26-19-9-4-10-20-26)22-25-17-7-3-8-18-25/h2-10,12,14-20,22-23H,11,13,21H2,1H3. The van der Waals surface area contributed by atoms with E-state index >= 15 is 0 Å². The van der Waals surface area contributed by atoms with Crippen molar-refractivity contribution in [1.82, 2.24) is 0 Å². The van der Waals surface area contributed by atoms with Crippen LogP contribution in [-0.4, -0.2) is 0 Å². The van der Waals surface area contributed by atoms with Gasteiger partial charge in [-0.15, -0.1) is 0 Å². The highest BCUT2D eigenvalue weighted by molar-refractivity contribution is 5.81. The largest absolute Gasteiger partial charge is 0.0839 e. The lowest BCUT2D eigenvalue weighted by molar-refractivity contribution is 0.554. The Bertz CT molecular complexity index is 842. The number of hydrogen-bond acceptors (Lipinski definition) is 0. The Labute approximate surface area is 163 Å². The van der Waals surface area contributed by atoms with Crippen LogP contribution in [0.2, 0.25) is 0 Å². The van der Waals surface area contributed by atoms with Crippen molar-refractivity contribution in [2.24, 2.45) is 5.92 Å². The van der Waals surface area contributed by atoms with Crippen LogP contribution >= 0.6 is 0 Å². The fourth-order valence-electron chi connectivity index (χ4n) is 3.30. The van der Waals surface area contributed by atoms with Crippen LogP contribution in [0, 0.1) is 5.92 Å². The highest BCUT2D eigenvalue weighted by atomic mass is 14.1. The number of benzene rings is 3. The molecule has 0 aromatic heterocycles. The molecule has 0 spiro atoms. The zero-order chi connectivity index (χ0) is 18.7. The third kappa shape index (κ3) is 6.42. The topological polar surface area (TPSA) is 0 Å².